The monoisotopic (exact) mass is 338 g/mol. The third kappa shape index (κ3) is 6.14. The fourth-order valence-corrected chi connectivity index (χ4v) is 2.19. The molecule has 5 nitrogen and oxygen atoms in total. The van der Waals surface area contributed by atoms with Crippen LogP contribution in [-0.2, 0) is 11.3 Å². The second-order valence-corrected chi connectivity index (χ2v) is 5.49. The van der Waals surface area contributed by atoms with E-state index in [0.29, 0.717) is 18.7 Å². The number of aryl methyl sites for hydroxylation is 1. The summed E-state index contributed by atoms with van der Waals surface area (Å²) < 4.78 is 4.93. The third-order valence-electron chi connectivity index (χ3n) is 3.45. The van der Waals surface area contributed by atoms with Crippen LogP contribution >= 0.6 is 0 Å². The predicted octanol–water partition coefficient (Wildman–Crippen LogP) is 3.64. The van der Waals surface area contributed by atoms with Crippen LogP contribution in [0.4, 0.5) is 4.79 Å². The molecule has 2 N–H and O–H groups in total. The summed E-state index contributed by atoms with van der Waals surface area (Å²) in [6.45, 7) is 4.50. The highest BCUT2D eigenvalue weighted by Crippen LogP contribution is 2.06. The Hall–Kier alpha value is -3.08. The molecule has 0 aliphatic carbocycles. The zero-order valence-corrected chi connectivity index (χ0v) is 14.4. The van der Waals surface area contributed by atoms with Gasteiger partial charge in [-0.15, -0.1) is 0 Å². The molecule has 0 saturated carbocycles. The Kier molecular flexibility index (Phi) is 6.77. The van der Waals surface area contributed by atoms with Gasteiger partial charge in [0.15, 0.2) is 0 Å². The van der Waals surface area contributed by atoms with Gasteiger partial charge >= 0.3 is 12.0 Å². The van der Waals surface area contributed by atoms with Crippen molar-refractivity contribution in [2.75, 3.05) is 6.61 Å². The molecule has 0 bridgehead atoms. The molecular formula is C20H22N2O3. The smallest absolute Gasteiger partial charge is 0.338 e. The van der Waals surface area contributed by atoms with Crippen LogP contribution in [-0.4, -0.2) is 18.6 Å². The maximum absolute atomic E-state index is 11.8. The Bertz CT molecular complexity index is 752. The van der Waals surface area contributed by atoms with Crippen molar-refractivity contribution in [2.24, 2.45) is 0 Å². The summed E-state index contributed by atoms with van der Waals surface area (Å²) >= 11 is 0. The second-order valence-electron chi connectivity index (χ2n) is 5.49. The van der Waals surface area contributed by atoms with Crippen molar-refractivity contribution < 1.29 is 14.3 Å². The molecule has 0 spiro atoms. The fraction of sp³-hybridized carbons (Fsp3) is 0.200. The predicted molar refractivity (Wildman–Crippen MR) is 98.0 cm³/mol. The van der Waals surface area contributed by atoms with Crippen LogP contribution in [0.1, 0.15) is 34.0 Å². The largest absolute Gasteiger partial charge is 0.462 e. The van der Waals surface area contributed by atoms with Crippen LogP contribution in [0.2, 0.25) is 0 Å². The lowest BCUT2D eigenvalue weighted by Gasteiger charge is -2.06. The highest BCUT2D eigenvalue weighted by Gasteiger charge is 2.05. The quantitative estimate of drug-likeness (QED) is 0.790. The van der Waals surface area contributed by atoms with E-state index in [-0.39, 0.29) is 12.0 Å². The van der Waals surface area contributed by atoms with E-state index in [9.17, 15) is 9.59 Å². The molecular weight excluding hydrogens is 316 g/mol. The minimum atomic E-state index is -0.346. The number of hydrogen-bond acceptors (Lipinski definition) is 3. The van der Waals surface area contributed by atoms with E-state index in [4.69, 9.17) is 4.74 Å². The van der Waals surface area contributed by atoms with Crippen molar-refractivity contribution in [3.05, 3.63) is 77.0 Å². The van der Waals surface area contributed by atoms with Gasteiger partial charge in [-0.1, -0.05) is 42.0 Å². The number of nitrogens with one attached hydrogen (secondary N) is 2. The van der Waals surface area contributed by atoms with E-state index in [1.165, 1.54) is 0 Å². The Labute approximate surface area is 147 Å². The molecule has 130 valence electrons. The number of rotatable bonds is 6. The summed E-state index contributed by atoms with van der Waals surface area (Å²) in [5.74, 6) is -0.346. The molecule has 0 heterocycles. The Morgan fingerprint density at radius 1 is 1.12 bits per heavy atom. The normalized spacial score (nSPS) is 10.5. The van der Waals surface area contributed by atoms with Gasteiger partial charge in [0, 0.05) is 12.7 Å². The molecule has 0 atom stereocenters. The zero-order chi connectivity index (χ0) is 18.1. The maximum Gasteiger partial charge on any atom is 0.338 e. The topological polar surface area (TPSA) is 67.4 Å². The second kappa shape index (κ2) is 9.27. The van der Waals surface area contributed by atoms with Crippen molar-refractivity contribution in [1.29, 1.82) is 0 Å². The Morgan fingerprint density at radius 2 is 1.88 bits per heavy atom. The average Bonchev–Trinajstić information content (AvgIpc) is 2.61. The van der Waals surface area contributed by atoms with Crippen LogP contribution in [0.15, 0.2) is 54.7 Å². The van der Waals surface area contributed by atoms with Crippen LogP contribution in [0, 0.1) is 6.92 Å². The van der Waals surface area contributed by atoms with Crippen LogP contribution in [0.5, 0.6) is 0 Å². The molecule has 0 radical (unpaired) electrons. The minimum absolute atomic E-state index is 0.293. The number of carbonyl (C=O) groups is 2. The molecule has 0 unspecified atom stereocenters. The molecule has 0 aromatic heterocycles. The number of amides is 2. The molecule has 2 aromatic rings. The lowest BCUT2D eigenvalue weighted by Crippen LogP contribution is -2.31. The maximum atomic E-state index is 11.8. The van der Waals surface area contributed by atoms with E-state index in [1.54, 1.807) is 37.4 Å². The lowest BCUT2D eigenvalue weighted by atomic mass is 10.1. The summed E-state index contributed by atoms with van der Waals surface area (Å²) in [5.41, 5.74) is 3.58. The number of benzene rings is 2. The molecule has 25 heavy (non-hydrogen) atoms. The summed E-state index contributed by atoms with van der Waals surface area (Å²) in [5, 5.41) is 5.42. The SMILES string of the molecule is CCOC(=O)c1ccc(CNC(=O)N/C=C/c2cccc(C)c2)cc1. The summed E-state index contributed by atoms with van der Waals surface area (Å²) in [4.78, 5) is 23.4. The van der Waals surface area contributed by atoms with E-state index in [1.807, 2.05) is 37.3 Å². The lowest BCUT2D eigenvalue weighted by molar-refractivity contribution is 0.0526. The molecule has 0 saturated heterocycles. The van der Waals surface area contributed by atoms with Gasteiger partial charge in [0.2, 0.25) is 0 Å². The third-order valence-corrected chi connectivity index (χ3v) is 3.45. The van der Waals surface area contributed by atoms with Gasteiger partial charge in [-0.25, -0.2) is 9.59 Å². The summed E-state index contributed by atoms with van der Waals surface area (Å²) in [7, 11) is 0. The van der Waals surface area contributed by atoms with Crippen LogP contribution < -0.4 is 10.6 Å². The number of carbonyl (C=O) groups excluding carboxylic acids is 2. The Balaban J connectivity index is 1.78. The van der Waals surface area contributed by atoms with Gasteiger partial charge < -0.3 is 15.4 Å². The van der Waals surface area contributed by atoms with E-state index >= 15 is 0 Å². The Morgan fingerprint density at radius 3 is 2.56 bits per heavy atom. The standard InChI is InChI=1S/C20H22N2O3/c1-3-25-19(23)18-9-7-17(8-10-18)14-22-20(24)21-12-11-16-6-4-5-15(2)13-16/h4-13H,3,14H2,1-2H3,(H2,21,22,24)/b12-11+. The molecule has 2 amide bonds. The van der Waals surface area contributed by atoms with Crippen molar-refractivity contribution in [1.82, 2.24) is 10.6 Å². The molecule has 5 heteroatoms. The average molecular weight is 338 g/mol. The number of urea groups is 1. The summed E-state index contributed by atoms with van der Waals surface area (Å²) in [6.07, 6.45) is 3.44. The number of hydrogen-bond donors (Lipinski definition) is 2. The first-order valence-corrected chi connectivity index (χ1v) is 8.12. The van der Waals surface area contributed by atoms with Gasteiger partial charge in [-0.05, 0) is 43.2 Å². The minimum Gasteiger partial charge on any atom is -0.462 e. The van der Waals surface area contributed by atoms with Gasteiger partial charge in [0.05, 0.1) is 12.2 Å². The highest BCUT2D eigenvalue weighted by molar-refractivity contribution is 5.89. The van der Waals surface area contributed by atoms with E-state index < -0.39 is 0 Å². The molecule has 0 aliphatic heterocycles. The molecule has 0 aliphatic rings. The first kappa shape index (κ1) is 18.3. The van der Waals surface area contributed by atoms with Crippen molar-refractivity contribution >= 4 is 18.1 Å². The summed E-state index contributed by atoms with van der Waals surface area (Å²) in [6, 6.07) is 14.6. The van der Waals surface area contributed by atoms with E-state index in [2.05, 4.69) is 10.6 Å². The molecule has 2 rings (SSSR count). The van der Waals surface area contributed by atoms with Gasteiger partial charge in [0.25, 0.3) is 0 Å². The van der Waals surface area contributed by atoms with Gasteiger partial charge in [-0.3, -0.25) is 0 Å². The van der Waals surface area contributed by atoms with Crippen LogP contribution in [0.25, 0.3) is 6.08 Å². The van der Waals surface area contributed by atoms with Crippen molar-refractivity contribution in [2.45, 2.75) is 20.4 Å². The first-order valence-electron chi connectivity index (χ1n) is 8.12. The van der Waals surface area contributed by atoms with Crippen molar-refractivity contribution in [3.63, 3.8) is 0 Å². The fourth-order valence-electron chi connectivity index (χ4n) is 2.19. The van der Waals surface area contributed by atoms with Crippen LogP contribution in [0.3, 0.4) is 0 Å². The van der Waals surface area contributed by atoms with Gasteiger partial charge in [-0.2, -0.15) is 0 Å². The highest BCUT2D eigenvalue weighted by atomic mass is 16.5. The molecule has 2 aromatic carbocycles. The first-order chi connectivity index (χ1) is 12.1. The zero-order valence-electron chi connectivity index (χ0n) is 14.4. The number of esters is 1. The van der Waals surface area contributed by atoms with Crippen molar-refractivity contribution in [3.8, 4) is 0 Å². The van der Waals surface area contributed by atoms with E-state index in [0.717, 1.165) is 16.7 Å². The van der Waals surface area contributed by atoms with Gasteiger partial charge in [0.1, 0.15) is 0 Å². The molecule has 0 fully saturated rings. The number of ether oxygens (including phenoxy) is 1.